The molecule has 0 saturated heterocycles. The van der Waals surface area contributed by atoms with Gasteiger partial charge in [0.2, 0.25) is 0 Å². The second-order valence-electron chi connectivity index (χ2n) is 7.53. The molecule has 0 saturated carbocycles. The highest BCUT2D eigenvalue weighted by Gasteiger charge is 2.18. The predicted molar refractivity (Wildman–Crippen MR) is 127 cm³/mol. The SMILES string of the molecule is CC(C(=O)N(C)O)c1ccc(-c2ccc(OCc3csc(-c4ccccc4)n3)cc2)cc1. The van der Waals surface area contributed by atoms with E-state index in [1.54, 1.807) is 18.3 Å². The second-order valence-corrected chi connectivity index (χ2v) is 8.39. The minimum atomic E-state index is -0.400. The maximum atomic E-state index is 11.9. The van der Waals surface area contributed by atoms with E-state index in [9.17, 15) is 10.0 Å². The lowest BCUT2D eigenvalue weighted by atomic mass is 9.97. The van der Waals surface area contributed by atoms with Gasteiger partial charge in [0.05, 0.1) is 11.6 Å². The molecule has 0 spiro atoms. The molecule has 6 heteroatoms. The maximum Gasteiger partial charge on any atom is 0.252 e. The molecule has 0 bridgehead atoms. The fourth-order valence-electron chi connectivity index (χ4n) is 3.37. The lowest BCUT2D eigenvalue weighted by molar-refractivity contribution is -0.160. The van der Waals surface area contributed by atoms with E-state index in [4.69, 9.17) is 4.74 Å². The molecule has 1 atom stereocenters. The molecule has 5 nitrogen and oxygen atoms in total. The molecular weight excluding hydrogens is 420 g/mol. The fraction of sp³-hybridized carbons (Fsp3) is 0.154. The summed E-state index contributed by atoms with van der Waals surface area (Å²) in [4.78, 5) is 16.6. The Bertz CT molecular complexity index is 1170. The number of likely N-dealkylation sites (N-methyl/N-ethyl adjacent to an activating group) is 1. The number of hydrogen-bond donors (Lipinski definition) is 1. The first kappa shape index (κ1) is 21.7. The van der Waals surface area contributed by atoms with Crippen LogP contribution in [0.4, 0.5) is 0 Å². The maximum absolute atomic E-state index is 11.9. The van der Waals surface area contributed by atoms with Crippen molar-refractivity contribution in [2.75, 3.05) is 7.05 Å². The van der Waals surface area contributed by atoms with Gasteiger partial charge in [0.1, 0.15) is 17.4 Å². The molecule has 1 aromatic heterocycles. The van der Waals surface area contributed by atoms with Gasteiger partial charge < -0.3 is 4.74 Å². The number of benzene rings is 3. The van der Waals surface area contributed by atoms with Gasteiger partial charge in [-0.25, -0.2) is 10.0 Å². The number of ether oxygens (including phenoxy) is 1. The quantitative estimate of drug-likeness (QED) is 0.280. The number of thiazole rings is 1. The van der Waals surface area contributed by atoms with Crippen LogP contribution in [0, 0.1) is 0 Å². The highest BCUT2D eigenvalue weighted by atomic mass is 32.1. The fourth-order valence-corrected chi connectivity index (χ4v) is 4.19. The Kier molecular flexibility index (Phi) is 6.63. The van der Waals surface area contributed by atoms with Gasteiger partial charge in [0, 0.05) is 18.0 Å². The van der Waals surface area contributed by atoms with Crippen LogP contribution in [0.25, 0.3) is 21.7 Å². The number of nitrogens with zero attached hydrogens (tertiary/aromatic N) is 2. The molecule has 0 aliphatic carbocycles. The summed E-state index contributed by atoms with van der Waals surface area (Å²) in [7, 11) is 1.34. The van der Waals surface area contributed by atoms with E-state index in [0.29, 0.717) is 11.7 Å². The normalized spacial score (nSPS) is 11.7. The third kappa shape index (κ3) is 5.04. The van der Waals surface area contributed by atoms with Crippen LogP contribution in [0.5, 0.6) is 5.75 Å². The lowest BCUT2D eigenvalue weighted by Crippen LogP contribution is -2.27. The van der Waals surface area contributed by atoms with Crippen molar-refractivity contribution in [3.63, 3.8) is 0 Å². The van der Waals surface area contributed by atoms with Crippen molar-refractivity contribution in [2.45, 2.75) is 19.4 Å². The monoisotopic (exact) mass is 444 g/mol. The number of rotatable bonds is 7. The Hall–Kier alpha value is -3.48. The highest BCUT2D eigenvalue weighted by molar-refractivity contribution is 7.13. The average molecular weight is 445 g/mol. The van der Waals surface area contributed by atoms with Crippen molar-refractivity contribution < 1.29 is 14.7 Å². The van der Waals surface area contributed by atoms with Crippen LogP contribution in [0.3, 0.4) is 0 Å². The van der Waals surface area contributed by atoms with Gasteiger partial charge >= 0.3 is 0 Å². The molecule has 3 aromatic carbocycles. The number of amides is 1. The van der Waals surface area contributed by atoms with Gasteiger partial charge in [-0.05, 0) is 35.7 Å². The molecule has 162 valence electrons. The van der Waals surface area contributed by atoms with Crippen molar-refractivity contribution in [1.82, 2.24) is 10.0 Å². The Labute approximate surface area is 191 Å². The number of hydroxylamine groups is 2. The average Bonchev–Trinajstić information content (AvgIpc) is 3.32. The van der Waals surface area contributed by atoms with Crippen molar-refractivity contribution in [1.29, 1.82) is 0 Å². The van der Waals surface area contributed by atoms with E-state index in [0.717, 1.165) is 38.7 Å². The number of aromatic nitrogens is 1. The van der Waals surface area contributed by atoms with Crippen LogP contribution in [0.15, 0.2) is 84.2 Å². The van der Waals surface area contributed by atoms with Crippen molar-refractivity contribution in [2.24, 2.45) is 0 Å². The Balaban J connectivity index is 1.37. The van der Waals surface area contributed by atoms with E-state index in [-0.39, 0.29) is 5.91 Å². The molecule has 0 aliphatic heterocycles. The zero-order valence-electron chi connectivity index (χ0n) is 17.9. The second kappa shape index (κ2) is 9.77. The standard InChI is InChI=1S/C26H24N2O3S/c1-18(26(29)28(2)30)19-8-10-20(11-9-19)21-12-14-24(15-13-21)31-16-23-17-32-25(27-23)22-6-4-3-5-7-22/h3-15,17-18,30H,16H2,1-2H3. The van der Waals surface area contributed by atoms with E-state index >= 15 is 0 Å². The Morgan fingerprint density at radius 3 is 2.22 bits per heavy atom. The van der Waals surface area contributed by atoms with Crippen LogP contribution in [0.2, 0.25) is 0 Å². The summed E-state index contributed by atoms with van der Waals surface area (Å²) in [5.41, 5.74) is 4.98. The first-order valence-electron chi connectivity index (χ1n) is 10.3. The third-order valence-corrected chi connectivity index (χ3v) is 6.19. The highest BCUT2D eigenvalue weighted by Crippen LogP contribution is 2.27. The lowest BCUT2D eigenvalue weighted by Gasteiger charge is -2.15. The topological polar surface area (TPSA) is 62.7 Å². The summed E-state index contributed by atoms with van der Waals surface area (Å²) in [6.45, 7) is 2.20. The van der Waals surface area contributed by atoms with Crippen molar-refractivity contribution >= 4 is 17.2 Å². The largest absolute Gasteiger partial charge is 0.487 e. The third-order valence-electron chi connectivity index (χ3n) is 5.25. The molecule has 1 unspecified atom stereocenters. The zero-order chi connectivity index (χ0) is 22.5. The molecule has 0 aliphatic rings. The number of hydrogen-bond acceptors (Lipinski definition) is 5. The Morgan fingerprint density at radius 2 is 1.59 bits per heavy atom. The van der Waals surface area contributed by atoms with Crippen LogP contribution in [0.1, 0.15) is 24.1 Å². The smallest absolute Gasteiger partial charge is 0.252 e. The summed E-state index contributed by atoms with van der Waals surface area (Å²) >= 11 is 1.62. The van der Waals surface area contributed by atoms with Crippen LogP contribution >= 0.6 is 11.3 Å². The molecule has 4 rings (SSSR count). The summed E-state index contributed by atoms with van der Waals surface area (Å²) in [5.74, 6) is 0.0445. The van der Waals surface area contributed by atoms with E-state index in [1.807, 2.05) is 72.1 Å². The minimum Gasteiger partial charge on any atom is -0.487 e. The molecule has 1 amide bonds. The Morgan fingerprint density at radius 1 is 0.969 bits per heavy atom. The molecular formula is C26H24N2O3S. The number of carbonyl (C=O) groups excluding carboxylic acids is 1. The van der Waals surface area contributed by atoms with Gasteiger partial charge in [0.15, 0.2) is 0 Å². The zero-order valence-corrected chi connectivity index (χ0v) is 18.8. The molecule has 0 fully saturated rings. The molecule has 32 heavy (non-hydrogen) atoms. The molecule has 1 heterocycles. The predicted octanol–water partition coefficient (Wildman–Crippen LogP) is 6.01. The molecule has 0 radical (unpaired) electrons. The molecule has 4 aromatic rings. The summed E-state index contributed by atoms with van der Waals surface area (Å²) in [6.07, 6.45) is 0. The van der Waals surface area contributed by atoms with Gasteiger partial charge in [0.25, 0.3) is 5.91 Å². The van der Waals surface area contributed by atoms with E-state index in [2.05, 4.69) is 17.1 Å². The van der Waals surface area contributed by atoms with Crippen LogP contribution in [-0.4, -0.2) is 28.2 Å². The molecule has 1 N–H and O–H groups in total. The van der Waals surface area contributed by atoms with E-state index < -0.39 is 5.92 Å². The van der Waals surface area contributed by atoms with Crippen LogP contribution in [-0.2, 0) is 11.4 Å². The minimum absolute atomic E-state index is 0.338. The van der Waals surface area contributed by atoms with E-state index in [1.165, 1.54) is 7.05 Å². The van der Waals surface area contributed by atoms with Crippen molar-refractivity contribution in [3.8, 4) is 27.4 Å². The van der Waals surface area contributed by atoms with Gasteiger partial charge in [-0.1, -0.05) is 66.7 Å². The summed E-state index contributed by atoms with van der Waals surface area (Å²) in [5, 5.41) is 13.0. The van der Waals surface area contributed by atoms with Crippen molar-refractivity contribution in [3.05, 3.63) is 95.5 Å². The number of carbonyl (C=O) groups is 1. The van der Waals surface area contributed by atoms with Gasteiger partial charge in [-0.3, -0.25) is 10.0 Å². The summed E-state index contributed by atoms with van der Waals surface area (Å²) in [6, 6.07) is 25.8. The first-order valence-corrected chi connectivity index (χ1v) is 11.2. The summed E-state index contributed by atoms with van der Waals surface area (Å²) < 4.78 is 5.91. The van der Waals surface area contributed by atoms with Gasteiger partial charge in [-0.15, -0.1) is 11.3 Å². The first-order chi connectivity index (χ1) is 15.5. The van der Waals surface area contributed by atoms with Gasteiger partial charge in [-0.2, -0.15) is 0 Å². The van der Waals surface area contributed by atoms with Crippen LogP contribution < -0.4 is 4.74 Å².